The van der Waals surface area contributed by atoms with Crippen LogP contribution in [0.4, 0.5) is 5.00 Å². The molecule has 7 nitrogen and oxygen atoms in total. The van der Waals surface area contributed by atoms with E-state index in [4.69, 9.17) is 0 Å². The molecule has 1 amide bonds. The highest BCUT2D eigenvalue weighted by Gasteiger charge is 2.14. The second-order valence-corrected chi connectivity index (χ2v) is 6.30. The minimum atomic E-state index is -3.21. The monoisotopic (exact) mass is 290 g/mol. The van der Waals surface area contributed by atoms with Crippen LogP contribution >= 0.6 is 11.3 Å². The van der Waals surface area contributed by atoms with Crippen LogP contribution in [0.1, 0.15) is 9.67 Å². The molecular weight excluding hydrogens is 280 g/mol. The van der Waals surface area contributed by atoms with Crippen molar-refractivity contribution in [1.29, 1.82) is 0 Å². The first-order chi connectivity index (χ1) is 8.29. The van der Waals surface area contributed by atoms with Crippen LogP contribution in [-0.4, -0.2) is 32.0 Å². The molecule has 0 aliphatic carbocycles. The lowest BCUT2D eigenvalue weighted by Crippen LogP contribution is -2.22. The highest BCUT2D eigenvalue weighted by atomic mass is 32.2. The normalized spacial score (nSPS) is 11.6. The lowest BCUT2D eigenvalue weighted by molar-refractivity contribution is -0.380. The van der Waals surface area contributed by atoms with Crippen molar-refractivity contribution >= 4 is 32.1 Å². The predicted molar refractivity (Wildman–Crippen MR) is 67.3 cm³/mol. The maximum atomic E-state index is 11.5. The van der Waals surface area contributed by atoms with Crippen molar-refractivity contribution in [3.8, 4) is 0 Å². The Labute approximate surface area is 107 Å². The Morgan fingerprint density at radius 2 is 2.22 bits per heavy atom. The summed E-state index contributed by atoms with van der Waals surface area (Å²) in [5.74, 6) is -0.480. The van der Waals surface area contributed by atoms with Crippen molar-refractivity contribution in [2.75, 3.05) is 12.8 Å². The molecule has 98 valence electrons. The van der Waals surface area contributed by atoms with E-state index in [1.54, 1.807) is 0 Å². The maximum Gasteiger partial charge on any atom is 0.324 e. The Kier molecular flexibility index (Phi) is 4.56. The molecule has 0 spiro atoms. The molecule has 0 radical (unpaired) electrons. The molecule has 0 aromatic carbocycles. The SMILES string of the molecule is CS(=O)(=O)/C=C/CNC(=O)c1ccc([N+](=O)[O-])s1. The van der Waals surface area contributed by atoms with Crippen molar-refractivity contribution in [2.24, 2.45) is 0 Å². The lowest BCUT2D eigenvalue weighted by Gasteiger charge is -1.97. The van der Waals surface area contributed by atoms with Crippen molar-refractivity contribution < 1.29 is 18.1 Å². The fraction of sp³-hybridized carbons (Fsp3) is 0.222. The zero-order chi connectivity index (χ0) is 13.8. The average Bonchev–Trinajstić information content (AvgIpc) is 2.72. The molecule has 1 aromatic rings. The third-order valence-electron chi connectivity index (χ3n) is 1.72. The van der Waals surface area contributed by atoms with E-state index < -0.39 is 20.7 Å². The quantitative estimate of drug-likeness (QED) is 0.641. The molecule has 18 heavy (non-hydrogen) atoms. The summed E-state index contributed by atoms with van der Waals surface area (Å²) >= 11 is 0.759. The highest BCUT2D eigenvalue weighted by Crippen LogP contribution is 2.23. The summed E-state index contributed by atoms with van der Waals surface area (Å²) in [6, 6.07) is 2.59. The minimum absolute atomic E-state index is 0.0393. The first-order valence-electron chi connectivity index (χ1n) is 4.68. The molecule has 0 aliphatic rings. The van der Waals surface area contributed by atoms with Gasteiger partial charge in [-0.3, -0.25) is 14.9 Å². The Morgan fingerprint density at radius 1 is 1.56 bits per heavy atom. The fourth-order valence-electron chi connectivity index (χ4n) is 1.01. The first-order valence-corrected chi connectivity index (χ1v) is 7.46. The van der Waals surface area contributed by atoms with Gasteiger partial charge in [-0.15, -0.1) is 0 Å². The summed E-state index contributed by atoms with van der Waals surface area (Å²) in [7, 11) is -3.21. The van der Waals surface area contributed by atoms with Gasteiger partial charge < -0.3 is 5.32 Å². The number of nitrogens with one attached hydrogen (secondary N) is 1. The summed E-state index contributed by atoms with van der Waals surface area (Å²) in [6.07, 6.45) is 2.32. The molecule has 0 saturated carbocycles. The van der Waals surface area contributed by atoms with Gasteiger partial charge in [0.05, 0.1) is 9.80 Å². The van der Waals surface area contributed by atoms with Crippen LogP contribution in [-0.2, 0) is 9.84 Å². The van der Waals surface area contributed by atoms with Gasteiger partial charge in [-0.25, -0.2) is 8.42 Å². The smallest absolute Gasteiger partial charge is 0.324 e. The van der Waals surface area contributed by atoms with Crippen LogP contribution < -0.4 is 5.32 Å². The molecule has 1 heterocycles. The van der Waals surface area contributed by atoms with Crippen LogP contribution in [0.15, 0.2) is 23.6 Å². The summed E-state index contributed by atoms with van der Waals surface area (Å²) in [6.45, 7) is 0.0393. The summed E-state index contributed by atoms with van der Waals surface area (Å²) < 4.78 is 21.5. The highest BCUT2D eigenvalue weighted by molar-refractivity contribution is 7.93. The third-order valence-corrected chi connectivity index (χ3v) is 3.44. The van der Waals surface area contributed by atoms with Gasteiger partial charge in [-0.05, 0) is 6.07 Å². The number of hydrogen-bond donors (Lipinski definition) is 1. The predicted octanol–water partition coefficient (Wildman–Crippen LogP) is 0.944. The zero-order valence-electron chi connectivity index (χ0n) is 9.32. The Hall–Kier alpha value is -1.74. The van der Waals surface area contributed by atoms with E-state index in [-0.39, 0.29) is 16.4 Å². The van der Waals surface area contributed by atoms with E-state index in [1.165, 1.54) is 18.2 Å². The number of nitro groups is 1. The van der Waals surface area contributed by atoms with E-state index in [0.717, 1.165) is 23.0 Å². The van der Waals surface area contributed by atoms with Crippen LogP contribution in [0.25, 0.3) is 0 Å². The van der Waals surface area contributed by atoms with Crippen LogP contribution in [0, 0.1) is 10.1 Å². The summed E-state index contributed by atoms with van der Waals surface area (Å²) in [5.41, 5.74) is 0. The van der Waals surface area contributed by atoms with Gasteiger partial charge in [-0.2, -0.15) is 0 Å². The molecule has 1 N–H and O–H groups in total. The Balaban J connectivity index is 2.55. The van der Waals surface area contributed by atoms with Gasteiger partial charge in [0.2, 0.25) is 0 Å². The largest absolute Gasteiger partial charge is 0.348 e. The molecule has 1 rings (SSSR count). The summed E-state index contributed by atoms with van der Waals surface area (Å²) in [4.78, 5) is 21.5. The van der Waals surface area contributed by atoms with Crippen molar-refractivity contribution in [3.05, 3.63) is 38.6 Å². The number of carbonyl (C=O) groups is 1. The number of hydrogen-bond acceptors (Lipinski definition) is 6. The lowest BCUT2D eigenvalue weighted by atomic mass is 10.4. The van der Waals surface area contributed by atoms with E-state index in [1.807, 2.05) is 0 Å². The van der Waals surface area contributed by atoms with Crippen LogP contribution in [0.2, 0.25) is 0 Å². The standard InChI is InChI=1S/C9H10N2O5S2/c1-18(15,16)6-2-5-10-9(12)7-3-4-8(17-7)11(13)14/h2-4,6H,5H2,1H3,(H,10,12)/b6-2+. The fourth-order valence-corrected chi connectivity index (χ4v) is 2.19. The molecule has 0 unspecified atom stereocenters. The second-order valence-electron chi connectivity index (χ2n) is 3.31. The molecule has 0 saturated heterocycles. The van der Waals surface area contributed by atoms with Gasteiger partial charge in [0.15, 0.2) is 9.84 Å². The van der Waals surface area contributed by atoms with Crippen molar-refractivity contribution in [3.63, 3.8) is 0 Å². The Morgan fingerprint density at radius 3 is 2.72 bits per heavy atom. The second kappa shape index (κ2) is 5.74. The number of carbonyl (C=O) groups excluding carboxylic acids is 1. The summed E-state index contributed by atoms with van der Waals surface area (Å²) in [5, 5.41) is 13.7. The van der Waals surface area contributed by atoms with Crippen LogP contribution in [0.5, 0.6) is 0 Å². The molecular formula is C9H10N2O5S2. The van der Waals surface area contributed by atoms with Gasteiger partial charge >= 0.3 is 5.00 Å². The molecule has 0 atom stereocenters. The van der Waals surface area contributed by atoms with Crippen LogP contribution in [0.3, 0.4) is 0 Å². The van der Waals surface area contributed by atoms with E-state index in [9.17, 15) is 23.3 Å². The molecule has 0 bridgehead atoms. The third kappa shape index (κ3) is 4.63. The molecule has 0 aliphatic heterocycles. The van der Waals surface area contributed by atoms with Gasteiger partial charge in [-0.1, -0.05) is 17.4 Å². The molecule has 9 heteroatoms. The van der Waals surface area contributed by atoms with Crippen molar-refractivity contribution in [2.45, 2.75) is 0 Å². The van der Waals surface area contributed by atoms with E-state index in [0.29, 0.717) is 0 Å². The van der Waals surface area contributed by atoms with Gasteiger partial charge in [0, 0.05) is 24.3 Å². The van der Waals surface area contributed by atoms with E-state index in [2.05, 4.69) is 5.32 Å². The van der Waals surface area contributed by atoms with Gasteiger partial charge in [0.25, 0.3) is 5.91 Å². The molecule has 1 aromatic heterocycles. The maximum absolute atomic E-state index is 11.5. The van der Waals surface area contributed by atoms with Gasteiger partial charge in [0.1, 0.15) is 0 Å². The number of amides is 1. The number of thiophene rings is 1. The Bertz CT molecular complexity index is 588. The molecule has 0 fully saturated rings. The minimum Gasteiger partial charge on any atom is -0.348 e. The first kappa shape index (κ1) is 14.3. The zero-order valence-corrected chi connectivity index (χ0v) is 11.0. The van der Waals surface area contributed by atoms with Crippen molar-refractivity contribution in [1.82, 2.24) is 5.32 Å². The number of rotatable bonds is 5. The average molecular weight is 290 g/mol. The number of nitrogens with zero attached hydrogens (tertiary/aromatic N) is 1. The topological polar surface area (TPSA) is 106 Å². The number of sulfone groups is 1. The van der Waals surface area contributed by atoms with E-state index >= 15 is 0 Å².